The maximum absolute atomic E-state index is 12.5. The molecule has 1 aromatic rings. The normalized spacial score (nSPS) is 10.7. The molecule has 0 fully saturated rings. The van der Waals surface area contributed by atoms with Crippen LogP contribution in [0.25, 0.3) is 0 Å². The third-order valence-electron chi connectivity index (χ3n) is 1.88. The number of carbonyl (C=O) groups is 1. The molecular weight excluding hydrogens is 228 g/mol. The summed E-state index contributed by atoms with van der Waals surface area (Å²) in [4.78, 5) is 14.3. The van der Waals surface area contributed by atoms with Crippen molar-refractivity contribution in [2.45, 2.75) is 19.2 Å². The Morgan fingerprint density at radius 3 is 2.67 bits per heavy atom. The van der Waals surface area contributed by atoms with Gasteiger partial charge in [0.1, 0.15) is 0 Å². The Hall–Kier alpha value is -1.23. The SMILES string of the molecule is Cc1cc(CCl)nc(C(=O)O)c1C(F)F. The lowest BCUT2D eigenvalue weighted by molar-refractivity contribution is 0.0676. The molecule has 0 atom stereocenters. The Morgan fingerprint density at radius 2 is 2.27 bits per heavy atom. The minimum absolute atomic E-state index is 0.00929. The molecule has 0 spiro atoms. The molecule has 15 heavy (non-hydrogen) atoms. The Morgan fingerprint density at radius 1 is 1.67 bits per heavy atom. The Labute approximate surface area is 89.7 Å². The summed E-state index contributed by atoms with van der Waals surface area (Å²) in [5, 5.41) is 8.72. The molecule has 0 saturated carbocycles. The van der Waals surface area contributed by atoms with E-state index in [2.05, 4.69) is 4.98 Å². The average Bonchev–Trinajstić information content (AvgIpc) is 2.15. The standard InChI is InChI=1S/C9H8ClF2NO2/c1-4-2-5(3-10)13-7(9(14)15)6(4)8(11)12/h2,8H,3H2,1H3,(H,14,15). The van der Waals surface area contributed by atoms with Gasteiger partial charge < -0.3 is 5.11 Å². The van der Waals surface area contributed by atoms with Crippen molar-refractivity contribution in [2.75, 3.05) is 0 Å². The summed E-state index contributed by atoms with van der Waals surface area (Å²) >= 11 is 5.46. The van der Waals surface area contributed by atoms with Crippen LogP contribution in [0.5, 0.6) is 0 Å². The highest BCUT2D eigenvalue weighted by Crippen LogP contribution is 2.26. The van der Waals surface area contributed by atoms with Crippen LogP contribution in [0.1, 0.15) is 33.7 Å². The van der Waals surface area contributed by atoms with Crippen LogP contribution in [0.15, 0.2) is 6.07 Å². The van der Waals surface area contributed by atoms with Gasteiger partial charge in [0.15, 0.2) is 5.69 Å². The van der Waals surface area contributed by atoms with Gasteiger partial charge in [-0.25, -0.2) is 18.6 Å². The molecule has 0 radical (unpaired) electrons. The van der Waals surface area contributed by atoms with Gasteiger partial charge in [0.2, 0.25) is 0 Å². The summed E-state index contributed by atoms with van der Waals surface area (Å²) in [5.41, 5.74) is -0.707. The first-order valence-electron chi connectivity index (χ1n) is 4.05. The highest BCUT2D eigenvalue weighted by Gasteiger charge is 2.22. The van der Waals surface area contributed by atoms with Crippen LogP contribution in [-0.4, -0.2) is 16.1 Å². The number of aromatic carboxylic acids is 1. The van der Waals surface area contributed by atoms with Gasteiger partial charge in [0, 0.05) is 0 Å². The van der Waals surface area contributed by atoms with Crippen LogP contribution >= 0.6 is 11.6 Å². The lowest BCUT2D eigenvalue weighted by Crippen LogP contribution is -2.10. The number of pyridine rings is 1. The van der Waals surface area contributed by atoms with Gasteiger partial charge in [0.05, 0.1) is 17.1 Å². The van der Waals surface area contributed by atoms with Crippen LogP contribution in [0.4, 0.5) is 8.78 Å². The highest BCUT2D eigenvalue weighted by atomic mass is 35.5. The minimum atomic E-state index is -2.85. The number of halogens is 3. The van der Waals surface area contributed by atoms with Gasteiger partial charge in [0.25, 0.3) is 6.43 Å². The fourth-order valence-electron chi connectivity index (χ4n) is 1.26. The summed E-state index contributed by atoms with van der Waals surface area (Å²) < 4.78 is 25.1. The minimum Gasteiger partial charge on any atom is -0.476 e. The Bertz CT molecular complexity index is 396. The second kappa shape index (κ2) is 4.53. The van der Waals surface area contributed by atoms with E-state index in [9.17, 15) is 13.6 Å². The fraction of sp³-hybridized carbons (Fsp3) is 0.333. The molecular formula is C9H8ClF2NO2. The molecule has 1 aromatic heterocycles. The molecule has 1 rings (SSSR count). The molecule has 3 nitrogen and oxygen atoms in total. The quantitative estimate of drug-likeness (QED) is 0.820. The maximum Gasteiger partial charge on any atom is 0.355 e. The molecule has 0 aliphatic carbocycles. The third-order valence-corrected chi connectivity index (χ3v) is 2.15. The average molecular weight is 236 g/mol. The predicted molar refractivity (Wildman–Crippen MR) is 50.4 cm³/mol. The Kier molecular flexibility index (Phi) is 3.57. The summed E-state index contributed by atoms with van der Waals surface area (Å²) in [7, 11) is 0. The van der Waals surface area contributed by atoms with E-state index in [1.807, 2.05) is 0 Å². The first-order valence-corrected chi connectivity index (χ1v) is 4.58. The highest BCUT2D eigenvalue weighted by molar-refractivity contribution is 6.16. The van der Waals surface area contributed by atoms with Crippen molar-refractivity contribution >= 4 is 17.6 Å². The number of aromatic nitrogens is 1. The van der Waals surface area contributed by atoms with Crippen molar-refractivity contribution in [3.8, 4) is 0 Å². The molecule has 0 aliphatic heterocycles. The van der Waals surface area contributed by atoms with Gasteiger partial charge in [-0.3, -0.25) is 0 Å². The second-order valence-electron chi connectivity index (χ2n) is 2.93. The van der Waals surface area contributed by atoms with Crippen LogP contribution in [-0.2, 0) is 5.88 Å². The molecule has 1 N–H and O–H groups in total. The summed E-state index contributed by atoms with van der Waals surface area (Å²) in [6.07, 6.45) is -2.85. The van der Waals surface area contributed by atoms with Crippen LogP contribution in [0.3, 0.4) is 0 Å². The maximum atomic E-state index is 12.5. The van der Waals surface area contributed by atoms with E-state index >= 15 is 0 Å². The van der Waals surface area contributed by atoms with Gasteiger partial charge in [-0.15, -0.1) is 11.6 Å². The lowest BCUT2D eigenvalue weighted by atomic mass is 10.1. The van der Waals surface area contributed by atoms with Crippen molar-refractivity contribution in [3.05, 3.63) is 28.6 Å². The van der Waals surface area contributed by atoms with Crippen molar-refractivity contribution < 1.29 is 18.7 Å². The number of hydrogen-bond donors (Lipinski definition) is 1. The van der Waals surface area contributed by atoms with Crippen molar-refractivity contribution in [1.29, 1.82) is 0 Å². The zero-order valence-corrected chi connectivity index (χ0v) is 8.55. The van der Waals surface area contributed by atoms with Gasteiger partial charge in [-0.05, 0) is 18.6 Å². The van der Waals surface area contributed by atoms with E-state index in [4.69, 9.17) is 16.7 Å². The van der Waals surface area contributed by atoms with E-state index in [0.29, 0.717) is 0 Å². The van der Waals surface area contributed by atoms with Gasteiger partial charge in [-0.2, -0.15) is 0 Å². The van der Waals surface area contributed by atoms with Crippen molar-refractivity contribution in [2.24, 2.45) is 0 Å². The van der Waals surface area contributed by atoms with Crippen LogP contribution in [0, 0.1) is 6.92 Å². The number of nitrogens with zero attached hydrogens (tertiary/aromatic N) is 1. The zero-order valence-electron chi connectivity index (χ0n) is 7.80. The number of alkyl halides is 3. The van der Waals surface area contributed by atoms with E-state index in [0.717, 1.165) is 0 Å². The van der Waals surface area contributed by atoms with Gasteiger partial charge >= 0.3 is 5.97 Å². The molecule has 1 heterocycles. The van der Waals surface area contributed by atoms with E-state index in [1.54, 1.807) is 0 Å². The van der Waals surface area contributed by atoms with Crippen molar-refractivity contribution in [1.82, 2.24) is 4.98 Å². The van der Waals surface area contributed by atoms with E-state index in [1.165, 1.54) is 13.0 Å². The number of aryl methyl sites for hydroxylation is 1. The summed E-state index contributed by atoms with van der Waals surface area (Å²) in [6, 6.07) is 1.36. The topological polar surface area (TPSA) is 50.2 Å². The number of rotatable bonds is 3. The molecule has 0 saturated heterocycles. The van der Waals surface area contributed by atoms with Crippen LogP contribution in [0.2, 0.25) is 0 Å². The molecule has 82 valence electrons. The lowest BCUT2D eigenvalue weighted by Gasteiger charge is -2.09. The van der Waals surface area contributed by atoms with Gasteiger partial charge in [-0.1, -0.05) is 0 Å². The summed E-state index contributed by atoms with van der Waals surface area (Å²) in [5.74, 6) is -1.48. The molecule has 6 heteroatoms. The molecule has 0 aromatic carbocycles. The summed E-state index contributed by atoms with van der Waals surface area (Å²) in [6.45, 7) is 1.41. The van der Waals surface area contributed by atoms with E-state index in [-0.39, 0.29) is 17.1 Å². The van der Waals surface area contributed by atoms with Crippen molar-refractivity contribution in [3.63, 3.8) is 0 Å². The smallest absolute Gasteiger partial charge is 0.355 e. The zero-order chi connectivity index (χ0) is 11.6. The largest absolute Gasteiger partial charge is 0.476 e. The van der Waals surface area contributed by atoms with E-state index < -0.39 is 23.7 Å². The first-order chi connectivity index (χ1) is 6.97. The molecule has 0 unspecified atom stereocenters. The monoisotopic (exact) mass is 235 g/mol. The number of hydrogen-bond acceptors (Lipinski definition) is 2. The Balaban J connectivity index is 3.42. The molecule has 0 bridgehead atoms. The first kappa shape index (κ1) is 11.8. The number of carboxylic acids is 1. The molecule has 0 amide bonds. The fourth-order valence-corrected chi connectivity index (χ4v) is 1.39. The number of carboxylic acid groups (broad SMARTS) is 1. The van der Waals surface area contributed by atoms with Crippen LogP contribution < -0.4 is 0 Å². The third kappa shape index (κ3) is 2.41. The predicted octanol–water partition coefficient (Wildman–Crippen LogP) is 2.76. The second-order valence-corrected chi connectivity index (χ2v) is 3.20. The molecule has 0 aliphatic rings.